The van der Waals surface area contributed by atoms with Crippen LogP contribution in [0, 0.1) is 6.92 Å². The molecule has 4 N–H and O–H groups in total. The van der Waals surface area contributed by atoms with Crippen LogP contribution in [0.4, 0.5) is 11.6 Å². The predicted octanol–water partition coefficient (Wildman–Crippen LogP) is 5.20. The molecule has 0 saturated heterocycles. The molecule has 3 heterocycles. The number of carbonyl (C=O) groups excluding carboxylic acids is 1. The van der Waals surface area contributed by atoms with Crippen molar-refractivity contribution in [3.05, 3.63) is 54.0 Å². The fraction of sp³-hybridized carbons (Fsp3) is 0.259. The van der Waals surface area contributed by atoms with Crippen LogP contribution >= 0.6 is 0 Å². The Kier molecular flexibility index (Phi) is 5.63. The molecule has 188 valence electrons. The van der Waals surface area contributed by atoms with E-state index in [2.05, 4.69) is 25.6 Å². The lowest BCUT2D eigenvalue weighted by Crippen LogP contribution is -2.17. The number of anilines is 2. The number of aromatic amines is 1. The molecule has 1 saturated carbocycles. The Balaban J connectivity index is 1.41. The molecule has 0 radical (unpaired) electrons. The molecule has 3 aromatic heterocycles. The average molecular weight is 499 g/mol. The van der Waals surface area contributed by atoms with Crippen molar-refractivity contribution in [2.45, 2.75) is 38.7 Å². The van der Waals surface area contributed by atoms with Crippen molar-refractivity contribution in [3.8, 4) is 22.8 Å². The summed E-state index contributed by atoms with van der Waals surface area (Å²) in [7, 11) is 1.54. The van der Waals surface area contributed by atoms with E-state index in [9.17, 15) is 9.90 Å². The van der Waals surface area contributed by atoms with Crippen molar-refractivity contribution >= 4 is 39.7 Å². The van der Waals surface area contributed by atoms with Crippen molar-refractivity contribution < 1.29 is 19.1 Å². The van der Waals surface area contributed by atoms with E-state index in [0.717, 1.165) is 47.7 Å². The Hall–Kier alpha value is -4.60. The maximum Gasteiger partial charge on any atom is 0.251 e. The summed E-state index contributed by atoms with van der Waals surface area (Å²) >= 11 is 0. The number of oxazole rings is 1. The molecule has 5 aromatic rings. The lowest BCUT2D eigenvalue weighted by atomic mass is 10.1. The molecule has 2 aromatic carbocycles. The van der Waals surface area contributed by atoms with Crippen molar-refractivity contribution in [2.24, 2.45) is 0 Å². The number of phenols is 1. The normalized spacial score (nSPS) is 13.9. The minimum atomic E-state index is -0.288. The number of rotatable bonds is 6. The molecule has 0 atom stereocenters. The molecule has 1 aliphatic rings. The Morgan fingerprint density at radius 1 is 1.14 bits per heavy atom. The van der Waals surface area contributed by atoms with Crippen LogP contribution in [0.25, 0.3) is 33.3 Å². The van der Waals surface area contributed by atoms with Gasteiger partial charge >= 0.3 is 0 Å². The monoisotopic (exact) mass is 498 g/mol. The topological polar surface area (TPSA) is 138 Å². The van der Waals surface area contributed by atoms with Gasteiger partial charge in [0.15, 0.2) is 11.5 Å². The lowest BCUT2D eigenvalue weighted by Gasteiger charge is -2.15. The Morgan fingerprint density at radius 2 is 1.97 bits per heavy atom. The first-order valence-corrected chi connectivity index (χ1v) is 12.2. The summed E-state index contributed by atoms with van der Waals surface area (Å²) in [6.07, 6.45) is 6.14. The fourth-order valence-electron chi connectivity index (χ4n) is 4.78. The van der Waals surface area contributed by atoms with Crippen LogP contribution in [0.5, 0.6) is 11.6 Å². The van der Waals surface area contributed by atoms with Gasteiger partial charge in [-0.05, 0) is 61.6 Å². The zero-order chi connectivity index (χ0) is 25.5. The highest BCUT2D eigenvalue weighted by molar-refractivity contribution is 5.99. The van der Waals surface area contributed by atoms with Crippen LogP contribution in [0.15, 0.2) is 47.0 Å². The third kappa shape index (κ3) is 4.31. The maximum absolute atomic E-state index is 11.9. The number of fused-ring (bicyclic) bond motifs is 2. The molecular formula is C27H26N6O4. The molecule has 1 aliphatic carbocycles. The van der Waals surface area contributed by atoms with Crippen molar-refractivity contribution in [3.63, 3.8) is 0 Å². The van der Waals surface area contributed by atoms with Gasteiger partial charge in [0.2, 0.25) is 11.8 Å². The van der Waals surface area contributed by atoms with Crippen molar-refractivity contribution in [1.82, 2.24) is 25.3 Å². The van der Waals surface area contributed by atoms with Gasteiger partial charge in [-0.3, -0.25) is 4.79 Å². The number of phenolic OH excluding ortho intramolecular Hbond substituents is 1. The van der Waals surface area contributed by atoms with Gasteiger partial charge in [-0.1, -0.05) is 6.07 Å². The van der Waals surface area contributed by atoms with Crippen LogP contribution in [0.3, 0.4) is 0 Å². The van der Waals surface area contributed by atoms with Crippen molar-refractivity contribution in [1.29, 1.82) is 0 Å². The Bertz CT molecular complexity index is 1630. The van der Waals surface area contributed by atoms with Gasteiger partial charge in [0, 0.05) is 31.3 Å². The quantitative estimate of drug-likeness (QED) is 0.234. The number of nitrogens with zero attached hydrogens (tertiary/aromatic N) is 3. The average Bonchev–Trinajstić information content (AvgIpc) is 3.63. The van der Waals surface area contributed by atoms with E-state index in [0.29, 0.717) is 34.3 Å². The second kappa shape index (κ2) is 9.12. The van der Waals surface area contributed by atoms with Gasteiger partial charge in [-0.15, -0.1) is 0 Å². The van der Waals surface area contributed by atoms with Crippen molar-refractivity contribution in [2.75, 3.05) is 12.4 Å². The smallest absolute Gasteiger partial charge is 0.251 e. The first kappa shape index (κ1) is 22.8. The molecule has 0 spiro atoms. The SMILES string of the molecule is CNC(=O)c1ccc(Nc2nc(OC3CCCC3)c3c(-c4ccc5nc(C)oc5c4)c[nH]c3n2)c(O)c1. The zero-order valence-electron chi connectivity index (χ0n) is 20.5. The number of hydrogen-bond donors (Lipinski definition) is 4. The summed E-state index contributed by atoms with van der Waals surface area (Å²) in [5.74, 6) is 0.960. The van der Waals surface area contributed by atoms with Crippen LogP contribution in [-0.2, 0) is 0 Å². The predicted molar refractivity (Wildman–Crippen MR) is 139 cm³/mol. The van der Waals surface area contributed by atoms with Gasteiger partial charge in [0.1, 0.15) is 23.0 Å². The molecule has 1 fully saturated rings. The summed E-state index contributed by atoms with van der Waals surface area (Å²) < 4.78 is 12.2. The fourth-order valence-corrected chi connectivity index (χ4v) is 4.78. The van der Waals surface area contributed by atoms with E-state index in [1.165, 1.54) is 13.1 Å². The standard InChI is InChI=1S/C27H26N6O4/c1-14-30-20-10-7-15(12-22(20)36-14)18-13-29-24-23(18)26(37-17-5-3-4-6-17)33-27(32-24)31-19-9-8-16(11-21(19)34)25(35)28-2/h7-13,17,34H,3-6H2,1-2H3,(H,28,35)(H2,29,31,32,33). The van der Waals surface area contributed by atoms with Gasteiger partial charge in [0.05, 0.1) is 11.1 Å². The number of amides is 1. The molecule has 0 aliphatic heterocycles. The molecule has 1 amide bonds. The zero-order valence-corrected chi connectivity index (χ0v) is 20.5. The number of H-pyrrole nitrogens is 1. The van der Waals surface area contributed by atoms with Gasteiger partial charge in [-0.25, -0.2) is 4.98 Å². The second-order valence-electron chi connectivity index (χ2n) is 9.15. The van der Waals surface area contributed by atoms with E-state index in [4.69, 9.17) is 14.1 Å². The maximum atomic E-state index is 11.9. The Morgan fingerprint density at radius 3 is 2.76 bits per heavy atom. The highest BCUT2D eigenvalue weighted by Gasteiger charge is 2.23. The number of carbonyl (C=O) groups is 1. The molecular weight excluding hydrogens is 472 g/mol. The lowest BCUT2D eigenvalue weighted by molar-refractivity contribution is 0.0962. The molecule has 37 heavy (non-hydrogen) atoms. The third-order valence-corrected chi connectivity index (χ3v) is 6.62. The first-order chi connectivity index (χ1) is 18.0. The largest absolute Gasteiger partial charge is 0.506 e. The molecule has 10 heteroatoms. The number of benzene rings is 2. The number of aromatic nitrogens is 4. The van der Waals surface area contributed by atoms with E-state index in [-0.39, 0.29) is 23.7 Å². The number of ether oxygens (including phenoxy) is 1. The van der Waals surface area contributed by atoms with E-state index < -0.39 is 0 Å². The summed E-state index contributed by atoms with van der Waals surface area (Å²) in [5.41, 5.74) is 4.64. The number of nitrogens with one attached hydrogen (secondary N) is 3. The molecule has 10 nitrogen and oxygen atoms in total. The second-order valence-corrected chi connectivity index (χ2v) is 9.15. The minimum Gasteiger partial charge on any atom is -0.506 e. The van der Waals surface area contributed by atoms with E-state index in [1.807, 2.05) is 31.3 Å². The van der Waals surface area contributed by atoms with Crippen LogP contribution in [-0.4, -0.2) is 44.1 Å². The van der Waals surface area contributed by atoms with Crippen LogP contribution in [0.1, 0.15) is 41.9 Å². The molecule has 0 unspecified atom stereocenters. The van der Waals surface area contributed by atoms with Gasteiger partial charge in [0.25, 0.3) is 5.91 Å². The highest BCUT2D eigenvalue weighted by atomic mass is 16.5. The highest BCUT2D eigenvalue weighted by Crippen LogP contribution is 2.38. The summed E-state index contributed by atoms with van der Waals surface area (Å²) in [6.45, 7) is 1.82. The third-order valence-electron chi connectivity index (χ3n) is 6.62. The number of hydrogen-bond acceptors (Lipinski definition) is 8. The van der Waals surface area contributed by atoms with Gasteiger partial charge in [-0.2, -0.15) is 9.97 Å². The number of aryl methyl sites for hydroxylation is 1. The van der Waals surface area contributed by atoms with Crippen LogP contribution in [0.2, 0.25) is 0 Å². The number of aromatic hydroxyl groups is 1. The van der Waals surface area contributed by atoms with E-state index in [1.54, 1.807) is 12.1 Å². The molecule has 0 bridgehead atoms. The van der Waals surface area contributed by atoms with Crippen LogP contribution < -0.4 is 15.4 Å². The van der Waals surface area contributed by atoms with Gasteiger partial charge < -0.3 is 29.9 Å². The minimum absolute atomic E-state index is 0.0772. The summed E-state index contributed by atoms with van der Waals surface area (Å²) in [5, 5.41) is 16.9. The molecule has 6 rings (SSSR count). The summed E-state index contributed by atoms with van der Waals surface area (Å²) in [4.78, 5) is 28.9. The Labute approximate surface area is 212 Å². The van der Waals surface area contributed by atoms with E-state index >= 15 is 0 Å². The summed E-state index contributed by atoms with van der Waals surface area (Å²) in [6, 6.07) is 10.5. The first-order valence-electron chi connectivity index (χ1n) is 12.2.